The number of H-pyrrole nitrogens is 1. The number of ether oxygens (including phenoxy) is 1. The average Bonchev–Trinajstić information content (AvgIpc) is 2.66. The minimum absolute atomic E-state index is 0.222. The predicted octanol–water partition coefficient (Wildman–Crippen LogP) is 1.97. The highest BCUT2D eigenvalue weighted by molar-refractivity contribution is 5.91. The summed E-state index contributed by atoms with van der Waals surface area (Å²) in [6, 6.07) is 15.8. The smallest absolute Gasteiger partial charge is 0.349 e. The highest BCUT2D eigenvalue weighted by Gasteiger charge is 2.18. The van der Waals surface area contributed by atoms with Crippen LogP contribution < -0.4 is 11.2 Å². The van der Waals surface area contributed by atoms with E-state index in [0.29, 0.717) is 11.3 Å². The van der Waals surface area contributed by atoms with Gasteiger partial charge < -0.3 is 4.74 Å². The van der Waals surface area contributed by atoms with Gasteiger partial charge in [0.1, 0.15) is 0 Å². The van der Waals surface area contributed by atoms with Crippen LogP contribution in [0.1, 0.15) is 10.4 Å². The monoisotopic (exact) mass is 347 g/mol. The van der Waals surface area contributed by atoms with Crippen LogP contribution >= 0.6 is 0 Å². The fourth-order valence-electron chi connectivity index (χ4n) is 2.98. The van der Waals surface area contributed by atoms with Crippen molar-refractivity contribution in [3.63, 3.8) is 0 Å². The van der Waals surface area contributed by atoms with Gasteiger partial charge >= 0.3 is 11.7 Å². The number of methoxy groups -OCH3 is 1. The van der Waals surface area contributed by atoms with Crippen molar-refractivity contribution in [2.45, 2.75) is 0 Å². The minimum atomic E-state index is -0.726. The number of aromatic amines is 1. The van der Waals surface area contributed by atoms with Gasteiger partial charge in [-0.15, -0.1) is 0 Å². The number of para-hydroxylation sites is 1. The van der Waals surface area contributed by atoms with Crippen LogP contribution in [-0.2, 0) is 4.74 Å². The normalized spacial score (nSPS) is 11.0. The number of pyridine rings is 1. The van der Waals surface area contributed by atoms with E-state index in [1.807, 2.05) is 24.3 Å². The Labute approximate surface area is 146 Å². The number of fused-ring (bicyclic) bond motifs is 2. The lowest BCUT2D eigenvalue weighted by molar-refractivity contribution is 0.0600. The predicted molar refractivity (Wildman–Crippen MR) is 95.9 cm³/mol. The second-order valence-corrected chi connectivity index (χ2v) is 5.69. The molecule has 0 saturated heterocycles. The highest BCUT2D eigenvalue weighted by atomic mass is 16.5. The quantitative estimate of drug-likeness (QED) is 0.442. The summed E-state index contributed by atoms with van der Waals surface area (Å²) >= 11 is 0. The molecule has 2 aromatic carbocycles. The molecule has 0 aliphatic carbocycles. The second kappa shape index (κ2) is 5.96. The van der Waals surface area contributed by atoms with Crippen molar-refractivity contribution in [3.8, 4) is 17.1 Å². The van der Waals surface area contributed by atoms with Crippen molar-refractivity contribution < 1.29 is 9.53 Å². The topological polar surface area (TPSA) is 94.1 Å². The van der Waals surface area contributed by atoms with Crippen molar-refractivity contribution >= 4 is 16.9 Å². The second-order valence-electron chi connectivity index (χ2n) is 5.69. The number of nitrogens with one attached hydrogen (secondary N) is 1. The lowest BCUT2D eigenvalue weighted by atomic mass is 10.1. The third-order valence-electron chi connectivity index (χ3n) is 4.13. The summed E-state index contributed by atoms with van der Waals surface area (Å²) in [5.41, 5.74) is 0.739. The largest absolute Gasteiger partial charge is 0.465 e. The zero-order chi connectivity index (χ0) is 18.3. The lowest BCUT2D eigenvalue weighted by Crippen LogP contribution is -2.27. The number of carbonyl (C=O) groups is 1. The van der Waals surface area contributed by atoms with Crippen molar-refractivity contribution in [2.24, 2.45) is 0 Å². The van der Waals surface area contributed by atoms with E-state index >= 15 is 0 Å². The summed E-state index contributed by atoms with van der Waals surface area (Å²) in [6.07, 6.45) is 0. The van der Waals surface area contributed by atoms with Gasteiger partial charge in [0.2, 0.25) is 0 Å². The number of hydrogen-bond acceptors (Lipinski definition) is 5. The summed E-state index contributed by atoms with van der Waals surface area (Å²) in [4.78, 5) is 42.1. The van der Waals surface area contributed by atoms with Crippen LogP contribution in [0.25, 0.3) is 28.0 Å². The number of aromatic nitrogens is 3. The first-order valence-corrected chi connectivity index (χ1v) is 7.82. The average molecular weight is 347 g/mol. The molecular formula is C19H13N3O4. The van der Waals surface area contributed by atoms with E-state index in [1.54, 1.807) is 34.9 Å². The first-order chi connectivity index (χ1) is 12.6. The standard InChI is InChI=1S/C19H13N3O4/c1-26-18(24)12-6-4-7-13(9-12)22-15-8-3-2-5-11(15)10-14-16(22)20-19(25)21-17(14)23/h2-10H,1H3,(H,21,23,25). The molecule has 7 nitrogen and oxygen atoms in total. The minimum Gasteiger partial charge on any atom is -0.465 e. The molecule has 0 saturated carbocycles. The lowest BCUT2D eigenvalue weighted by Gasteiger charge is -2.17. The van der Waals surface area contributed by atoms with Gasteiger partial charge in [-0.1, -0.05) is 24.3 Å². The van der Waals surface area contributed by atoms with Gasteiger partial charge in [-0.3, -0.25) is 14.3 Å². The van der Waals surface area contributed by atoms with Gasteiger partial charge in [0.25, 0.3) is 5.56 Å². The molecule has 2 aliphatic rings. The maximum absolute atomic E-state index is 12.3. The Hall–Kier alpha value is -3.74. The molecule has 26 heavy (non-hydrogen) atoms. The summed E-state index contributed by atoms with van der Waals surface area (Å²) in [5.74, 6) is -0.258. The summed E-state index contributed by atoms with van der Waals surface area (Å²) < 4.78 is 6.46. The number of benzene rings is 2. The zero-order valence-electron chi connectivity index (χ0n) is 13.7. The molecule has 0 unspecified atom stereocenters. The molecule has 2 aliphatic heterocycles. The summed E-state index contributed by atoms with van der Waals surface area (Å²) in [7, 11) is 1.31. The van der Waals surface area contributed by atoms with Gasteiger partial charge in [-0.2, -0.15) is 4.98 Å². The van der Waals surface area contributed by atoms with Crippen molar-refractivity contribution in [2.75, 3.05) is 7.11 Å². The van der Waals surface area contributed by atoms with Gasteiger partial charge in [0.15, 0.2) is 5.82 Å². The molecule has 0 radical (unpaired) electrons. The van der Waals surface area contributed by atoms with Gasteiger partial charge in [-0.25, -0.2) is 9.59 Å². The van der Waals surface area contributed by atoms with Gasteiger partial charge in [-0.05, 0) is 35.7 Å². The highest BCUT2D eigenvalue weighted by Crippen LogP contribution is 2.27. The summed E-state index contributed by atoms with van der Waals surface area (Å²) in [6.45, 7) is 0. The fraction of sp³-hybridized carbons (Fsp3) is 0.0526. The van der Waals surface area contributed by atoms with E-state index in [9.17, 15) is 14.4 Å². The molecule has 0 spiro atoms. The maximum Gasteiger partial charge on any atom is 0.349 e. The molecule has 0 amide bonds. The molecule has 0 atom stereocenters. The van der Waals surface area contributed by atoms with E-state index in [2.05, 4.69) is 9.97 Å². The Bertz CT molecular complexity index is 1240. The van der Waals surface area contributed by atoms with E-state index in [0.717, 1.165) is 10.9 Å². The molecule has 0 fully saturated rings. The Balaban J connectivity index is 2.15. The number of hydrogen-bond donors (Lipinski definition) is 1. The molecule has 0 aromatic heterocycles. The van der Waals surface area contributed by atoms with Gasteiger partial charge in [0.05, 0.1) is 23.8 Å². The van der Waals surface area contributed by atoms with E-state index < -0.39 is 17.2 Å². The number of rotatable bonds is 2. The van der Waals surface area contributed by atoms with Crippen LogP contribution in [0.5, 0.6) is 0 Å². The molecule has 1 N–H and O–H groups in total. The fourth-order valence-corrected chi connectivity index (χ4v) is 2.98. The van der Waals surface area contributed by atoms with E-state index in [1.165, 1.54) is 7.11 Å². The molecular weight excluding hydrogens is 334 g/mol. The van der Waals surface area contributed by atoms with E-state index in [4.69, 9.17) is 4.74 Å². The Kier molecular flexibility index (Phi) is 3.62. The van der Waals surface area contributed by atoms with Crippen molar-refractivity contribution in [1.82, 2.24) is 14.5 Å². The third-order valence-corrected chi connectivity index (χ3v) is 4.13. The molecule has 7 heteroatoms. The molecule has 2 heterocycles. The van der Waals surface area contributed by atoms with Crippen LogP contribution in [0.4, 0.5) is 0 Å². The van der Waals surface area contributed by atoms with Crippen molar-refractivity contribution in [1.29, 1.82) is 0 Å². The van der Waals surface area contributed by atoms with Crippen LogP contribution in [0.15, 0.2) is 64.2 Å². The zero-order valence-corrected chi connectivity index (χ0v) is 13.7. The third kappa shape index (κ3) is 2.46. The van der Waals surface area contributed by atoms with Gasteiger partial charge in [0, 0.05) is 5.69 Å². The molecule has 128 valence electrons. The number of nitrogens with zero attached hydrogens (tertiary/aromatic N) is 2. The summed E-state index contributed by atoms with van der Waals surface area (Å²) in [5, 5.41) is 0.800. The van der Waals surface area contributed by atoms with Crippen LogP contribution in [0.2, 0.25) is 0 Å². The maximum atomic E-state index is 12.3. The SMILES string of the molecule is COC(=O)c1cccc(-n2c3nc(=O)[nH]c(=O)c-3cc3ccccc32)c1. The molecule has 4 rings (SSSR count). The van der Waals surface area contributed by atoms with Crippen LogP contribution in [0.3, 0.4) is 0 Å². The first kappa shape index (κ1) is 15.8. The first-order valence-electron chi connectivity index (χ1n) is 7.82. The molecule has 2 aromatic rings. The van der Waals surface area contributed by atoms with Crippen LogP contribution in [-0.4, -0.2) is 27.6 Å². The van der Waals surface area contributed by atoms with Crippen molar-refractivity contribution in [3.05, 3.63) is 81.0 Å². The number of esters is 1. The Morgan fingerprint density at radius 2 is 1.88 bits per heavy atom. The number of carbonyl (C=O) groups excluding carboxylic acids is 1. The Morgan fingerprint density at radius 1 is 1.08 bits per heavy atom. The molecule has 0 bridgehead atoms. The Morgan fingerprint density at radius 3 is 2.69 bits per heavy atom. The van der Waals surface area contributed by atoms with Crippen LogP contribution in [0, 0.1) is 0 Å². The van der Waals surface area contributed by atoms with E-state index in [-0.39, 0.29) is 11.4 Å².